The highest BCUT2D eigenvalue weighted by Crippen LogP contribution is 2.36. The molecule has 2 aromatic rings. The van der Waals surface area contributed by atoms with Gasteiger partial charge in [0.2, 0.25) is 0 Å². The number of amides is 1. The molecule has 1 N–H and O–H groups in total. The Kier molecular flexibility index (Phi) is 8.38. The Labute approximate surface area is 180 Å². The summed E-state index contributed by atoms with van der Waals surface area (Å²) in [7, 11) is 0. The van der Waals surface area contributed by atoms with E-state index in [1.54, 1.807) is 0 Å². The molecule has 5 heteroatoms. The van der Waals surface area contributed by atoms with Gasteiger partial charge in [0.15, 0.2) is 0 Å². The number of fused-ring (bicyclic) bond motifs is 1. The van der Waals surface area contributed by atoms with E-state index in [2.05, 4.69) is 37.1 Å². The summed E-state index contributed by atoms with van der Waals surface area (Å²) in [5.41, 5.74) is 2.88. The van der Waals surface area contributed by atoms with Gasteiger partial charge in [-0.2, -0.15) is 0 Å². The highest BCUT2D eigenvalue weighted by Gasteiger charge is 2.26. The second-order valence-electron chi connectivity index (χ2n) is 8.11. The minimum Gasteiger partial charge on any atom is -0.464 e. The first kappa shape index (κ1) is 22.4. The number of likely N-dealkylation sites (tertiary alicyclic amines) is 1. The zero-order valence-electron chi connectivity index (χ0n) is 18.7. The standard InChI is InChI=1S/C25H36N2O3/c1-4-7-8-9-16-29-25(28)26-20-10-11-24-22(17-20)23(18-30-24)19-12-14-27(15-13-19)21(5-2)6-3/h7-8,10-11,17-19,21H,4-6,9,12-16H2,1-3H3,(H,26,28). The van der Waals surface area contributed by atoms with Gasteiger partial charge in [-0.3, -0.25) is 5.32 Å². The normalized spacial score (nSPS) is 16.0. The summed E-state index contributed by atoms with van der Waals surface area (Å²) >= 11 is 0. The molecule has 0 aliphatic carbocycles. The molecule has 3 rings (SSSR count). The van der Waals surface area contributed by atoms with Crippen LogP contribution in [0.25, 0.3) is 11.0 Å². The van der Waals surface area contributed by atoms with Crippen LogP contribution in [0, 0.1) is 0 Å². The van der Waals surface area contributed by atoms with Crippen molar-refractivity contribution in [1.82, 2.24) is 4.90 Å². The number of allylic oxidation sites excluding steroid dienone is 1. The lowest BCUT2D eigenvalue weighted by molar-refractivity contribution is 0.144. The summed E-state index contributed by atoms with van der Waals surface area (Å²) in [4.78, 5) is 14.7. The summed E-state index contributed by atoms with van der Waals surface area (Å²) < 4.78 is 11.1. The van der Waals surface area contributed by atoms with E-state index in [0.29, 0.717) is 18.6 Å². The number of benzene rings is 1. The Morgan fingerprint density at radius 2 is 2.00 bits per heavy atom. The van der Waals surface area contributed by atoms with Gasteiger partial charge in [-0.25, -0.2) is 4.79 Å². The van der Waals surface area contributed by atoms with Gasteiger partial charge in [-0.15, -0.1) is 0 Å². The molecule has 1 amide bonds. The molecule has 0 saturated carbocycles. The second-order valence-corrected chi connectivity index (χ2v) is 8.11. The molecule has 1 aliphatic heterocycles. The number of carbonyl (C=O) groups excluding carboxylic acids is 1. The lowest BCUT2D eigenvalue weighted by Gasteiger charge is -2.36. The lowest BCUT2D eigenvalue weighted by Crippen LogP contribution is -2.40. The Balaban J connectivity index is 1.61. The maximum atomic E-state index is 12.1. The number of rotatable bonds is 9. The number of nitrogens with zero attached hydrogens (tertiary/aromatic N) is 1. The molecular formula is C25H36N2O3. The first-order chi connectivity index (χ1) is 14.7. The first-order valence-electron chi connectivity index (χ1n) is 11.5. The van der Waals surface area contributed by atoms with E-state index in [0.717, 1.165) is 55.4 Å². The summed E-state index contributed by atoms with van der Waals surface area (Å²) in [6, 6.07) is 6.51. The van der Waals surface area contributed by atoms with Crippen molar-refractivity contribution in [3.63, 3.8) is 0 Å². The van der Waals surface area contributed by atoms with E-state index >= 15 is 0 Å². The summed E-state index contributed by atoms with van der Waals surface area (Å²) in [5.74, 6) is 0.504. The molecule has 1 saturated heterocycles. The van der Waals surface area contributed by atoms with E-state index in [-0.39, 0.29) is 0 Å². The maximum absolute atomic E-state index is 12.1. The van der Waals surface area contributed by atoms with Crippen LogP contribution in [0.4, 0.5) is 10.5 Å². The van der Waals surface area contributed by atoms with E-state index in [1.165, 1.54) is 18.4 Å². The van der Waals surface area contributed by atoms with Crippen LogP contribution in [0.5, 0.6) is 0 Å². The maximum Gasteiger partial charge on any atom is 0.411 e. The number of hydrogen-bond acceptors (Lipinski definition) is 4. The predicted molar refractivity (Wildman–Crippen MR) is 123 cm³/mol. The van der Waals surface area contributed by atoms with Crippen LogP contribution in [0.15, 0.2) is 41.0 Å². The zero-order valence-corrected chi connectivity index (χ0v) is 18.7. The molecular weight excluding hydrogens is 376 g/mol. The van der Waals surface area contributed by atoms with Crippen LogP contribution in [0.2, 0.25) is 0 Å². The summed E-state index contributed by atoms with van der Waals surface area (Å²) in [6.45, 7) is 9.31. The quantitative estimate of drug-likeness (QED) is 0.367. The highest BCUT2D eigenvalue weighted by molar-refractivity contribution is 5.91. The van der Waals surface area contributed by atoms with Crippen molar-refractivity contribution >= 4 is 22.7 Å². The van der Waals surface area contributed by atoms with Gasteiger partial charge in [0.1, 0.15) is 5.58 Å². The number of piperidine rings is 1. The number of anilines is 1. The molecule has 1 aliphatic rings. The van der Waals surface area contributed by atoms with Crippen molar-refractivity contribution in [2.24, 2.45) is 0 Å². The molecule has 1 aromatic heterocycles. The van der Waals surface area contributed by atoms with Crippen LogP contribution >= 0.6 is 0 Å². The van der Waals surface area contributed by atoms with Gasteiger partial charge in [0.05, 0.1) is 12.9 Å². The fourth-order valence-corrected chi connectivity index (χ4v) is 4.48. The van der Waals surface area contributed by atoms with Crippen LogP contribution in [-0.4, -0.2) is 36.7 Å². The highest BCUT2D eigenvalue weighted by atomic mass is 16.5. The van der Waals surface area contributed by atoms with Crippen molar-refractivity contribution in [2.45, 2.75) is 71.3 Å². The second kappa shape index (κ2) is 11.2. The molecule has 0 atom stereocenters. The van der Waals surface area contributed by atoms with Gasteiger partial charge >= 0.3 is 6.09 Å². The molecule has 2 heterocycles. The van der Waals surface area contributed by atoms with Crippen LogP contribution < -0.4 is 5.32 Å². The van der Waals surface area contributed by atoms with Crippen LogP contribution in [0.3, 0.4) is 0 Å². The third-order valence-corrected chi connectivity index (χ3v) is 6.20. The van der Waals surface area contributed by atoms with E-state index in [9.17, 15) is 4.79 Å². The Morgan fingerprint density at radius 3 is 2.70 bits per heavy atom. The molecule has 1 fully saturated rings. The Morgan fingerprint density at radius 1 is 1.23 bits per heavy atom. The molecule has 30 heavy (non-hydrogen) atoms. The van der Waals surface area contributed by atoms with Gasteiger partial charge in [0.25, 0.3) is 0 Å². The first-order valence-corrected chi connectivity index (χ1v) is 11.5. The molecule has 1 aromatic carbocycles. The molecule has 0 radical (unpaired) electrons. The smallest absolute Gasteiger partial charge is 0.411 e. The van der Waals surface area contributed by atoms with Crippen molar-refractivity contribution < 1.29 is 13.9 Å². The molecule has 0 bridgehead atoms. The SMILES string of the molecule is CCC=CCCOC(=O)Nc1ccc2occ(C3CCN(C(CC)CC)CC3)c2c1. The Bertz CT molecular complexity index is 830. The predicted octanol–water partition coefficient (Wildman–Crippen LogP) is 6.71. The number of carbonyl (C=O) groups is 1. The Hall–Kier alpha value is -2.27. The average molecular weight is 413 g/mol. The van der Waals surface area contributed by atoms with Crippen molar-refractivity contribution in [3.8, 4) is 0 Å². The summed E-state index contributed by atoms with van der Waals surface area (Å²) in [6.07, 6.45) is 12.1. The minimum atomic E-state index is -0.414. The van der Waals surface area contributed by atoms with Crippen LogP contribution in [-0.2, 0) is 4.74 Å². The summed E-state index contributed by atoms with van der Waals surface area (Å²) in [5, 5.41) is 3.94. The fourth-order valence-electron chi connectivity index (χ4n) is 4.48. The topological polar surface area (TPSA) is 54.7 Å². The molecule has 5 nitrogen and oxygen atoms in total. The number of hydrogen-bond donors (Lipinski definition) is 1. The van der Waals surface area contributed by atoms with E-state index in [4.69, 9.17) is 9.15 Å². The average Bonchev–Trinajstić information content (AvgIpc) is 3.18. The third-order valence-electron chi connectivity index (χ3n) is 6.20. The van der Waals surface area contributed by atoms with Gasteiger partial charge in [0, 0.05) is 22.7 Å². The number of furan rings is 1. The van der Waals surface area contributed by atoms with Gasteiger partial charge in [-0.1, -0.05) is 32.9 Å². The molecule has 0 unspecified atom stereocenters. The minimum absolute atomic E-state index is 0.386. The fraction of sp³-hybridized carbons (Fsp3) is 0.560. The lowest BCUT2D eigenvalue weighted by atomic mass is 9.88. The van der Waals surface area contributed by atoms with Gasteiger partial charge < -0.3 is 14.1 Å². The van der Waals surface area contributed by atoms with Gasteiger partial charge in [-0.05, 0) is 75.7 Å². The largest absolute Gasteiger partial charge is 0.464 e. The third kappa shape index (κ3) is 5.66. The number of ether oxygens (including phenoxy) is 1. The molecule has 0 spiro atoms. The van der Waals surface area contributed by atoms with E-state index in [1.807, 2.05) is 30.5 Å². The number of nitrogens with one attached hydrogen (secondary N) is 1. The van der Waals surface area contributed by atoms with Crippen molar-refractivity contribution in [2.75, 3.05) is 25.0 Å². The zero-order chi connectivity index (χ0) is 21.3. The monoisotopic (exact) mass is 412 g/mol. The van der Waals surface area contributed by atoms with Crippen LogP contribution in [0.1, 0.15) is 70.8 Å². The van der Waals surface area contributed by atoms with Crippen molar-refractivity contribution in [3.05, 3.63) is 42.2 Å². The molecule has 164 valence electrons. The van der Waals surface area contributed by atoms with E-state index < -0.39 is 6.09 Å². The van der Waals surface area contributed by atoms with Crippen molar-refractivity contribution in [1.29, 1.82) is 0 Å².